The molecule has 1 heterocycles. The zero-order chi connectivity index (χ0) is 14.2. The van der Waals surface area contributed by atoms with Gasteiger partial charge in [-0.2, -0.15) is 0 Å². The highest BCUT2D eigenvalue weighted by atomic mass is 32.2. The number of ether oxygens (including phenoxy) is 1. The minimum Gasteiger partial charge on any atom is -0.493 e. The summed E-state index contributed by atoms with van der Waals surface area (Å²) >= 11 is 0. The van der Waals surface area contributed by atoms with Crippen molar-refractivity contribution in [3.8, 4) is 16.9 Å². The van der Waals surface area contributed by atoms with Gasteiger partial charge in [0, 0.05) is 12.1 Å². The van der Waals surface area contributed by atoms with Crippen molar-refractivity contribution in [2.24, 2.45) is 0 Å². The van der Waals surface area contributed by atoms with Gasteiger partial charge in [0.1, 0.15) is 5.75 Å². The highest BCUT2D eigenvalue weighted by Gasteiger charge is 2.13. The first-order valence-electron chi connectivity index (χ1n) is 6.35. The van der Waals surface area contributed by atoms with Crippen LogP contribution in [-0.4, -0.2) is 21.3 Å². The van der Waals surface area contributed by atoms with Crippen LogP contribution < -0.4 is 9.46 Å². The van der Waals surface area contributed by atoms with Gasteiger partial charge >= 0.3 is 0 Å². The lowest BCUT2D eigenvalue weighted by atomic mass is 10.0. The number of nitrogens with one attached hydrogen (secondary N) is 1. The van der Waals surface area contributed by atoms with Gasteiger partial charge in [-0.1, -0.05) is 18.2 Å². The maximum atomic E-state index is 11.3. The lowest BCUT2D eigenvalue weighted by molar-refractivity contribution is 0.357. The van der Waals surface area contributed by atoms with Gasteiger partial charge < -0.3 is 4.74 Å². The molecule has 0 spiro atoms. The van der Waals surface area contributed by atoms with E-state index in [-0.39, 0.29) is 0 Å². The summed E-state index contributed by atoms with van der Waals surface area (Å²) < 4.78 is 30.5. The summed E-state index contributed by atoms with van der Waals surface area (Å²) in [7, 11) is -3.26. The second-order valence-electron chi connectivity index (χ2n) is 4.88. The Labute approximate surface area is 118 Å². The van der Waals surface area contributed by atoms with E-state index in [2.05, 4.69) is 10.8 Å². The summed E-state index contributed by atoms with van der Waals surface area (Å²) in [6.45, 7) is 0.731. The molecule has 0 amide bonds. The Balaban J connectivity index is 1.96. The summed E-state index contributed by atoms with van der Waals surface area (Å²) in [6, 6.07) is 13.4. The van der Waals surface area contributed by atoms with Crippen molar-refractivity contribution >= 4 is 15.7 Å². The molecule has 5 heteroatoms. The molecular weight excluding hydrogens is 274 g/mol. The molecule has 0 fully saturated rings. The summed E-state index contributed by atoms with van der Waals surface area (Å²) in [4.78, 5) is 0. The van der Waals surface area contributed by atoms with Gasteiger partial charge in [-0.25, -0.2) is 8.42 Å². The minimum atomic E-state index is -3.26. The third-order valence-electron chi connectivity index (χ3n) is 3.19. The molecule has 104 valence electrons. The number of rotatable bonds is 3. The van der Waals surface area contributed by atoms with E-state index in [0.29, 0.717) is 5.69 Å². The molecule has 0 bridgehead atoms. The first-order chi connectivity index (χ1) is 9.51. The van der Waals surface area contributed by atoms with E-state index >= 15 is 0 Å². The summed E-state index contributed by atoms with van der Waals surface area (Å²) in [5, 5.41) is 0. The number of fused-ring (bicyclic) bond motifs is 1. The summed E-state index contributed by atoms with van der Waals surface area (Å²) in [5.41, 5.74) is 3.81. The van der Waals surface area contributed by atoms with Crippen molar-refractivity contribution in [2.45, 2.75) is 6.42 Å². The van der Waals surface area contributed by atoms with Gasteiger partial charge in [-0.05, 0) is 41.0 Å². The van der Waals surface area contributed by atoms with Crippen LogP contribution >= 0.6 is 0 Å². The average Bonchev–Trinajstić information content (AvgIpc) is 2.84. The van der Waals surface area contributed by atoms with Crippen LogP contribution in [-0.2, 0) is 16.4 Å². The molecule has 2 aromatic carbocycles. The van der Waals surface area contributed by atoms with E-state index in [9.17, 15) is 8.42 Å². The second kappa shape index (κ2) is 4.83. The van der Waals surface area contributed by atoms with Gasteiger partial charge in [-0.3, -0.25) is 4.72 Å². The molecule has 0 unspecified atom stereocenters. The molecule has 0 aliphatic carbocycles. The molecule has 0 atom stereocenters. The Bertz CT molecular complexity index is 753. The number of anilines is 1. The van der Waals surface area contributed by atoms with Gasteiger partial charge in [0.25, 0.3) is 0 Å². The molecule has 0 saturated carbocycles. The van der Waals surface area contributed by atoms with Crippen molar-refractivity contribution < 1.29 is 13.2 Å². The Morgan fingerprint density at radius 3 is 2.70 bits per heavy atom. The lowest BCUT2D eigenvalue weighted by Gasteiger charge is -2.08. The zero-order valence-electron chi connectivity index (χ0n) is 11.1. The van der Waals surface area contributed by atoms with Crippen LogP contribution in [0.4, 0.5) is 5.69 Å². The Morgan fingerprint density at radius 1 is 1.10 bits per heavy atom. The quantitative estimate of drug-likeness (QED) is 0.945. The normalized spacial score (nSPS) is 13.7. The van der Waals surface area contributed by atoms with Crippen LogP contribution in [0.2, 0.25) is 0 Å². The monoisotopic (exact) mass is 289 g/mol. The third-order valence-corrected chi connectivity index (χ3v) is 3.80. The van der Waals surface area contributed by atoms with Gasteiger partial charge in [0.2, 0.25) is 10.0 Å². The number of hydrogen-bond donors (Lipinski definition) is 1. The van der Waals surface area contributed by atoms with Gasteiger partial charge in [0.05, 0.1) is 12.9 Å². The van der Waals surface area contributed by atoms with Crippen LogP contribution in [0.25, 0.3) is 11.1 Å². The Morgan fingerprint density at radius 2 is 1.90 bits per heavy atom. The molecule has 1 aliphatic rings. The lowest BCUT2D eigenvalue weighted by Crippen LogP contribution is -2.09. The fourth-order valence-corrected chi connectivity index (χ4v) is 2.90. The highest BCUT2D eigenvalue weighted by Crippen LogP contribution is 2.31. The molecule has 3 rings (SSSR count). The largest absolute Gasteiger partial charge is 0.493 e. The standard InChI is InChI=1S/C15H15NO3S/c1-20(17,18)16-14-4-2-3-11(10-14)12-5-6-15-13(9-12)7-8-19-15/h2-6,9-10,16H,7-8H2,1H3. The third kappa shape index (κ3) is 2.77. The van der Waals surface area contributed by atoms with Crippen molar-refractivity contribution in [2.75, 3.05) is 17.6 Å². The number of benzene rings is 2. The average molecular weight is 289 g/mol. The van der Waals surface area contributed by atoms with Crippen molar-refractivity contribution in [1.82, 2.24) is 0 Å². The van der Waals surface area contributed by atoms with Gasteiger partial charge in [-0.15, -0.1) is 0 Å². The zero-order valence-corrected chi connectivity index (χ0v) is 11.9. The molecule has 2 aromatic rings. The second-order valence-corrected chi connectivity index (χ2v) is 6.62. The van der Waals surface area contributed by atoms with Gasteiger partial charge in [0.15, 0.2) is 0 Å². The van der Waals surface area contributed by atoms with Crippen LogP contribution in [0.1, 0.15) is 5.56 Å². The first kappa shape index (κ1) is 13.0. The summed E-state index contributed by atoms with van der Waals surface area (Å²) in [5.74, 6) is 0.944. The number of hydrogen-bond acceptors (Lipinski definition) is 3. The molecule has 0 saturated heterocycles. The Hall–Kier alpha value is -2.01. The maximum Gasteiger partial charge on any atom is 0.229 e. The maximum absolute atomic E-state index is 11.3. The SMILES string of the molecule is CS(=O)(=O)Nc1cccc(-c2ccc3c(c2)CCO3)c1. The molecule has 1 N–H and O–H groups in total. The molecule has 1 aliphatic heterocycles. The molecular formula is C15H15NO3S. The van der Waals surface area contributed by atoms with Crippen LogP contribution in [0.5, 0.6) is 5.75 Å². The smallest absolute Gasteiger partial charge is 0.229 e. The molecule has 4 nitrogen and oxygen atoms in total. The van der Waals surface area contributed by atoms with Crippen molar-refractivity contribution in [3.05, 3.63) is 48.0 Å². The highest BCUT2D eigenvalue weighted by molar-refractivity contribution is 7.92. The molecule has 0 radical (unpaired) electrons. The van der Waals surface area contributed by atoms with Crippen LogP contribution in [0.15, 0.2) is 42.5 Å². The van der Waals surface area contributed by atoms with E-state index in [0.717, 1.165) is 36.2 Å². The van der Waals surface area contributed by atoms with E-state index in [1.807, 2.05) is 30.3 Å². The molecule has 20 heavy (non-hydrogen) atoms. The Kier molecular flexibility index (Phi) is 3.14. The number of sulfonamides is 1. The van der Waals surface area contributed by atoms with Crippen LogP contribution in [0.3, 0.4) is 0 Å². The topological polar surface area (TPSA) is 55.4 Å². The van der Waals surface area contributed by atoms with E-state index < -0.39 is 10.0 Å². The van der Waals surface area contributed by atoms with E-state index in [1.54, 1.807) is 6.07 Å². The first-order valence-corrected chi connectivity index (χ1v) is 8.24. The fraction of sp³-hybridized carbons (Fsp3) is 0.200. The van der Waals surface area contributed by atoms with Crippen molar-refractivity contribution in [1.29, 1.82) is 0 Å². The van der Waals surface area contributed by atoms with E-state index in [4.69, 9.17) is 4.74 Å². The summed E-state index contributed by atoms with van der Waals surface area (Å²) in [6.07, 6.45) is 2.07. The predicted molar refractivity (Wildman–Crippen MR) is 79.5 cm³/mol. The predicted octanol–water partition coefficient (Wildman–Crippen LogP) is 2.66. The van der Waals surface area contributed by atoms with E-state index in [1.165, 1.54) is 5.56 Å². The van der Waals surface area contributed by atoms with Crippen LogP contribution in [0, 0.1) is 0 Å². The minimum absolute atomic E-state index is 0.571. The fourth-order valence-electron chi connectivity index (χ4n) is 2.34. The van der Waals surface area contributed by atoms with Crippen molar-refractivity contribution in [3.63, 3.8) is 0 Å². The molecule has 0 aromatic heterocycles.